The van der Waals surface area contributed by atoms with Crippen molar-refractivity contribution < 1.29 is 4.79 Å². The number of hydrogen-bond acceptors (Lipinski definition) is 3. The number of pyridine rings is 1. The maximum atomic E-state index is 11.2. The van der Waals surface area contributed by atoms with E-state index in [4.69, 9.17) is 0 Å². The highest BCUT2D eigenvalue weighted by atomic mass is 16.1. The lowest BCUT2D eigenvalue weighted by Gasteiger charge is -2.29. The molecule has 0 aliphatic carbocycles. The van der Waals surface area contributed by atoms with E-state index in [1.807, 2.05) is 28.8 Å². The summed E-state index contributed by atoms with van der Waals surface area (Å²) in [6.45, 7) is 2.32. The van der Waals surface area contributed by atoms with Gasteiger partial charge in [-0.1, -0.05) is 6.07 Å². The molecule has 19 heavy (non-hydrogen) atoms. The minimum Gasteiger partial charge on any atom is -0.306 e. The summed E-state index contributed by atoms with van der Waals surface area (Å²) < 4.78 is 1.99. The van der Waals surface area contributed by atoms with Crippen molar-refractivity contribution in [1.29, 1.82) is 0 Å². The van der Waals surface area contributed by atoms with Crippen LogP contribution < -0.4 is 0 Å². The molecule has 2 aromatic rings. The average Bonchev–Trinajstić information content (AvgIpc) is 2.82. The van der Waals surface area contributed by atoms with E-state index in [0.29, 0.717) is 11.6 Å². The van der Waals surface area contributed by atoms with Crippen molar-refractivity contribution in [2.75, 3.05) is 20.1 Å². The Hall–Kier alpha value is -1.68. The monoisotopic (exact) mass is 257 g/mol. The molecule has 3 rings (SSSR count). The molecular weight excluding hydrogens is 238 g/mol. The van der Waals surface area contributed by atoms with E-state index in [9.17, 15) is 4.79 Å². The molecule has 0 saturated carbocycles. The van der Waals surface area contributed by atoms with Crippen LogP contribution in [0.1, 0.15) is 29.2 Å². The Morgan fingerprint density at radius 1 is 1.47 bits per heavy atom. The van der Waals surface area contributed by atoms with Crippen molar-refractivity contribution in [3.05, 3.63) is 35.9 Å². The zero-order valence-electron chi connectivity index (χ0n) is 11.2. The van der Waals surface area contributed by atoms with E-state index in [2.05, 4.69) is 16.9 Å². The molecule has 100 valence electrons. The number of rotatable bonds is 3. The van der Waals surface area contributed by atoms with Crippen LogP contribution in [-0.2, 0) is 6.42 Å². The SMILES string of the molecule is CN1CCCC(Cc2ncc3cccc(C=O)n23)C1. The minimum absolute atomic E-state index is 0.643. The second-order valence-electron chi connectivity index (χ2n) is 5.48. The predicted molar refractivity (Wildman–Crippen MR) is 74.5 cm³/mol. The lowest BCUT2D eigenvalue weighted by atomic mass is 9.95. The Labute approximate surface area is 113 Å². The summed E-state index contributed by atoms with van der Waals surface area (Å²) in [4.78, 5) is 18.0. The number of piperidine rings is 1. The number of fused-ring (bicyclic) bond motifs is 1. The van der Waals surface area contributed by atoms with Gasteiger partial charge in [-0.05, 0) is 44.5 Å². The number of carbonyl (C=O) groups is 1. The van der Waals surface area contributed by atoms with Crippen LogP contribution in [0.25, 0.3) is 5.52 Å². The highest BCUT2D eigenvalue weighted by Crippen LogP contribution is 2.20. The Balaban J connectivity index is 1.90. The maximum Gasteiger partial charge on any atom is 0.166 e. The van der Waals surface area contributed by atoms with E-state index >= 15 is 0 Å². The fraction of sp³-hybridized carbons (Fsp3) is 0.467. The van der Waals surface area contributed by atoms with Gasteiger partial charge in [0.15, 0.2) is 6.29 Å². The fourth-order valence-corrected chi connectivity index (χ4v) is 3.07. The molecule has 0 bridgehead atoms. The van der Waals surface area contributed by atoms with Crippen LogP contribution in [0.4, 0.5) is 0 Å². The first-order chi connectivity index (χ1) is 9.28. The molecule has 0 N–H and O–H groups in total. The molecule has 4 heteroatoms. The molecule has 0 spiro atoms. The normalized spacial score (nSPS) is 20.8. The van der Waals surface area contributed by atoms with E-state index in [1.54, 1.807) is 0 Å². The smallest absolute Gasteiger partial charge is 0.166 e. The van der Waals surface area contributed by atoms with Gasteiger partial charge in [-0.2, -0.15) is 0 Å². The van der Waals surface area contributed by atoms with Gasteiger partial charge in [0.25, 0.3) is 0 Å². The molecule has 1 atom stereocenters. The van der Waals surface area contributed by atoms with Crippen molar-refractivity contribution in [3.63, 3.8) is 0 Å². The van der Waals surface area contributed by atoms with Crippen molar-refractivity contribution in [2.24, 2.45) is 5.92 Å². The molecule has 1 fully saturated rings. The molecule has 1 aliphatic heterocycles. The van der Waals surface area contributed by atoms with Gasteiger partial charge in [-0.25, -0.2) is 4.98 Å². The zero-order valence-corrected chi connectivity index (χ0v) is 11.2. The van der Waals surface area contributed by atoms with Gasteiger partial charge >= 0.3 is 0 Å². The quantitative estimate of drug-likeness (QED) is 0.790. The van der Waals surface area contributed by atoms with E-state index in [0.717, 1.165) is 30.6 Å². The van der Waals surface area contributed by atoms with Crippen LogP contribution in [0.15, 0.2) is 24.4 Å². The van der Waals surface area contributed by atoms with Gasteiger partial charge in [0.1, 0.15) is 5.82 Å². The summed E-state index contributed by atoms with van der Waals surface area (Å²) in [5.74, 6) is 1.65. The highest BCUT2D eigenvalue weighted by molar-refractivity contribution is 5.74. The van der Waals surface area contributed by atoms with Gasteiger partial charge < -0.3 is 4.90 Å². The molecule has 3 heterocycles. The van der Waals surface area contributed by atoms with Crippen LogP contribution in [0.2, 0.25) is 0 Å². The summed E-state index contributed by atoms with van der Waals surface area (Å²) >= 11 is 0. The first-order valence-electron chi connectivity index (χ1n) is 6.87. The van der Waals surface area contributed by atoms with Crippen LogP contribution in [0.3, 0.4) is 0 Å². The molecule has 0 aromatic carbocycles. The van der Waals surface area contributed by atoms with E-state index < -0.39 is 0 Å². The first-order valence-corrected chi connectivity index (χ1v) is 6.87. The van der Waals surface area contributed by atoms with Crippen LogP contribution in [0.5, 0.6) is 0 Å². The molecular formula is C15H19N3O. The summed E-state index contributed by atoms with van der Waals surface area (Å²) in [5, 5.41) is 0. The molecule has 1 unspecified atom stereocenters. The Morgan fingerprint density at radius 3 is 3.16 bits per heavy atom. The third-order valence-electron chi connectivity index (χ3n) is 3.97. The molecule has 2 aromatic heterocycles. The van der Waals surface area contributed by atoms with Gasteiger partial charge in [0.05, 0.1) is 17.4 Å². The third kappa shape index (κ3) is 2.40. The predicted octanol–water partition coefficient (Wildman–Crippen LogP) is 2.03. The summed E-state index contributed by atoms with van der Waals surface area (Å²) in [6, 6.07) is 5.74. The molecule has 4 nitrogen and oxygen atoms in total. The van der Waals surface area contributed by atoms with E-state index in [-0.39, 0.29) is 0 Å². The third-order valence-corrected chi connectivity index (χ3v) is 3.97. The Morgan fingerprint density at radius 2 is 2.37 bits per heavy atom. The number of nitrogens with zero attached hydrogens (tertiary/aromatic N) is 3. The first kappa shape index (κ1) is 12.4. The van der Waals surface area contributed by atoms with Crippen molar-refractivity contribution in [1.82, 2.24) is 14.3 Å². The fourth-order valence-electron chi connectivity index (χ4n) is 3.07. The summed E-state index contributed by atoms with van der Waals surface area (Å²) in [7, 11) is 2.17. The van der Waals surface area contributed by atoms with Crippen LogP contribution in [-0.4, -0.2) is 40.7 Å². The standard InChI is InChI=1S/C15H19N3O/c1-17-7-3-4-12(10-17)8-15-16-9-13-5-2-6-14(11-19)18(13)15/h2,5-6,9,11-12H,3-4,7-8,10H2,1H3. The maximum absolute atomic E-state index is 11.2. The lowest BCUT2D eigenvalue weighted by molar-refractivity contribution is 0.111. The average molecular weight is 257 g/mol. The van der Waals surface area contributed by atoms with Gasteiger partial charge in [0.2, 0.25) is 0 Å². The van der Waals surface area contributed by atoms with Crippen LogP contribution in [0, 0.1) is 5.92 Å². The number of likely N-dealkylation sites (tertiary alicyclic amines) is 1. The highest BCUT2D eigenvalue weighted by Gasteiger charge is 2.19. The Bertz CT molecular complexity index is 590. The van der Waals surface area contributed by atoms with Gasteiger partial charge in [0, 0.05) is 13.0 Å². The van der Waals surface area contributed by atoms with Crippen molar-refractivity contribution >= 4 is 11.8 Å². The Kier molecular flexibility index (Phi) is 3.34. The number of imidazole rings is 1. The van der Waals surface area contributed by atoms with Crippen LogP contribution >= 0.6 is 0 Å². The van der Waals surface area contributed by atoms with Gasteiger partial charge in [-0.15, -0.1) is 0 Å². The molecule has 0 radical (unpaired) electrons. The molecule has 0 amide bonds. The minimum atomic E-state index is 0.643. The topological polar surface area (TPSA) is 37.6 Å². The summed E-state index contributed by atoms with van der Waals surface area (Å²) in [5.41, 5.74) is 1.69. The van der Waals surface area contributed by atoms with Crippen molar-refractivity contribution in [3.8, 4) is 0 Å². The van der Waals surface area contributed by atoms with Gasteiger partial charge in [-0.3, -0.25) is 9.20 Å². The molecule has 1 aliphatic rings. The van der Waals surface area contributed by atoms with E-state index in [1.165, 1.54) is 19.4 Å². The number of carbonyl (C=O) groups excluding carboxylic acids is 1. The zero-order chi connectivity index (χ0) is 13.2. The molecule has 1 saturated heterocycles. The summed E-state index contributed by atoms with van der Waals surface area (Å²) in [6.07, 6.45) is 6.22. The largest absolute Gasteiger partial charge is 0.306 e. The van der Waals surface area contributed by atoms with Crippen molar-refractivity contribution in [2.45, 2.75) is 19.3 Å². The number of hydrogen-bond donors (Lipinski definition) is 0. The number of aldehydes is 1. The number of aromatic nitrogens is 2. The lowest BCUT2D eigenvalue weighted by Crippen LogP contribution is -2.33. The second-order valence-corrected chi connectivity index (χ2v) is 5.48. The second kappa shape index (κ2) is 5.13.